The summed E-state index contributed by atoms with van der Waals surface area (Å²) in [7, 11) is 0. The Balaban J connectivity index is 1.94. The van der Waals surface area contributed by atoms with Crippen molar-refractivity contribution in [2.24, 2.45) is 4.99 Å². The van der Waals surface area contributed by atoms with E-state index in [9.17, 15) is 8.78 Å². The Bertz CT molecular complexity index is 644. The topological polar surface area (TPSA) is 62.5 Å². The molecule has 0 spiro atoms. The van der Waals surface area contributed by atoms with E-state index in [0.717, 1.165) is 17.3 Å². The zero-order valence-corrected chi connectivity index (χ0v) is 13.1. The van der Waals surface area contributed by atoms with Gasteiger partial charge < -0.3 is 15.2 Å². The number of guanidine groups is 1. The number of nitrogens with one attached hydrogen (secondary N) is 2. The monoisotopic (exact) mass is 322 g/mol. The van der Waals surface area contributed by atoms with E-state index in [0.29, 0.717) is 25.6 Å². The molecule has 0 fully saturated rings. The van der Waals surface area contributed by atoms with Crippen molar-refractivity contribution in [2.45, 2.75) is 26.3 Å². The molecular weight excluding hydrogens is 302 g/mol. The minimum Gasteiger partial charge on any atom is -0.364 e. The van der Waals surface area contributed by atoms with Crippen LogP contribution in [0.25, 0.3) is 0 Å². The summed E-state index contributed by atoms with van der Waals surface area (Å²) in [6.45, 7) is 5.54. The summed E-state index contributed by atoms with van der Waals surface area (Å²) in [6, 6.07) is 5.70. The van der Waals surface area contributed by atoms with Gasteiger partial charge in [-0.2, -0.15) is 0 Å². The summed E-state index contributed by atoms with van der Waals surface area (Å²) in [4.78, 5) is 4.39. The number of halogens is 2. The maximum absolute atomic E-state index is 13.3. The van der Waals surface area contributed by atoms with Gasteiger partial charge in [-0.05, 0) is 30.5 Å². The van der Waals surface area contributed by atoms with Gasteiger partial charge in [0, 0.05) is 19.2 Å². The molecule has 1 aromatic heterocycles. The highest BCUT2D eigenvalue weighted by molar-refractivity contribution is 5.79. The molecule has 5 nitrogen and oxygen atoms in total. The molecule has 124 valence electrons. The molecule has 0 aliphatic heterocycles. The van der Waals surface area contributed by atoms with Crippen LogP contribution < -0.4 is 10.6 Å². The first-order valence-corrected chi connectivity index (χ1v) is 7.46. The van der Waals surface area contributed by atoms with Crippen LogP contribution in [0.2, 0.25) is 0 Å². The number of benzene rings is 1. The summed E-state index contributed by atoms with van der Waals surface area (Å²) in [5, 5.41) is 10.1. The fourth-order valence-corrected chi connectivity index (χ4v) is 2.01. The summed E-state index contributed by atoms with van der Waals surface area (Å²) < 4.78 is 31.0. The van der Waals surface area contributed by atoms with E-state index in [-0.39, 0.29) is 5.92 Å². The second-order valence-electron chi connectivity index (χ2n) is 5.14. The molecule has 0 aliphatic rings. The van der Waals surface area contributed by atoms with E-state index >= 15 is 0 Å². The fourth-order valence-electron chi connectivity index (χ4n) is 2.01. The van der Waals surface area contributed by atoms with E-state index in [2.05, 4.69) is 20.8 Å². The highest BCUT2D eigenvalue weighted by atomic mass is 19.2. The minimum absolute atomic E-state index is 0.000932. The van der Waals surface area contributed by atoms with Crippen molar-refractivity contribution < 1.29 is 13.3 Å². The first kappa shape index (κ1) is 16.9. The number of nitrogens with zero attached hydrogens (tertiary/aromatic N) is 2. The quantitative estimate of drug-likeness (QED) is 0.634. The lowest BCUT2D eigenvalue weighted by atomic mass is 10.0. The van der Waals surface area contributed by atoms with E-state index in [1.54, 1.807) is 12.1 Å². The second kappa shape index (κ2) is 8.26. The summed E-state index contributed by atoms with van der Waals surface area (Å²) in [5.41, 5.74) is 1.46. The number of rotatable bonds is 6. The molecule has 7 heteroatoms. The lowest BCUT2D eigenvalue weighted by Gasteiger charge is -2.16. The molecule has 0 aliphatic carbocycles. The van der Waals surface area contributed by atoms with Crippen LogP contribution >= 0.6 is 0 Å². The van der Waals surface area contributed by atoms with Gasteiger partial charge in [0.25, 0.3) is 0 Å². The van der Waals surface area contributed by atoms with Gasteiger partial charge in [0.15, 0.2) is 17.6 Å². The van der Waals surface area contributed by atoms with E-state index in [1.807, 2.05) is 13.8 Å². The Hall–Kier alpha value is -2.44. The maximum Gasteiger partial charge on any atom is 0.191 e. The Labute approximate surface area is 133 Å². The highest BCUT2D eigenvalue weighted by Gasteiger charge is 2.10. The molecule has 2 aromatic rings. The van der Waals surface area contributed by atoms with Gasteiger partial charge in [-0.3, -0.25) is 0 Å². The lowest BCUT2D eigenvalue weighted by Crippen LogP contribution is -2.39. The van der Waals surface area contributed by atoms with Crippen molar-refractivity contribution in [2.75, 3.05) is 13.1 Å². The summed E-state index contributed by atoms with van der Waals surface area (Å²) in [6.07, 6.45) is 1.50. The van der Waals surface area contributed by atoms with Crippen molar-refractivity contribution in [3.63, 3.8) is 0 Å². The summed E-state index contributed by atoms with van der Waals surface area (Å²) in [5.74, 6) is -1.04. The number of hydrogen-bond acceptors (Lipinski definition) is 3. The zero-order valence-electron chi connectivity index (χ0n) is 13.1. The van der Waals surface area contributed by atoms with Crippen LogP contribution in [0, 0.1) is 11.6 Å². The van der Waals surface area contributed by atoms with Crippen molar-refractivity contribution in [3.8, 4) is 0 Å². The average molecular weight is 322 g/mol. The Kier molecular flexibility index (Phi) is 6.08. The predicted octanol–water partition coefficient (Wildman–Crippen LogP) is 2.81. The third-order valence-electron chi connectivity index (χ3n) is 3.32. The first-order chi connectivity index (χ1) is 11.1. The van der Waals surface area contributed by atoms with E-state index < -0.39 is 11.6 Å². The second-order valence-corrected chi connectivity index (χ2v) is 5.14. The van der Waals surface area contributed by atoms with Gasteiger partial charge in [0.05, 0.1) is 6.54 Å². The maximum atomic E-state index is 13.3. The van der Waals surface area contributed by atoms with Gasteiger partial charge in [0.2, 0.25) is 0 Å². The Morgan fingerprint density at radius 2 is 2.09 bits per heavy atom. The van der Waals surface area contributed by atoms with Gasteiger partial charge in [-0.25, -0.2) is 13.8 Å². The third-order valence-corrected chi connectivity index (χ3v) is 3.32. The lowest BCUT2D eigenvalue weighted by molar-refractivity contribution is 0.412. The SMILES string of the molecule is CCNC(=NCc1ccon1)NC[C@@H](C)c1ccc(F)c(F)c1. The number of aromatic nitrogens is 1. The molecule has 0 amide bonds. The number of aliphatic imine (C=N–C) groups is 1. The largest absolute Gasteiger partial charge is 0.364 e. The van der Waals surface area contributed by atoms with E-state index in [4.69, 9.17) is 4.52 Å². The predicted molar refractivity (Wildman–Crippen MR) is 84.1 cm³/mol. The van der Waals surface area contributed by atoms with Crippen LogP contribution in [0.5, 0.6) is 0 Å². The molecular formula is C16H20F2N4O. The first-order valence-electron chi connectivity index (χ1n) is 7.46. The zero-order chi connectivity index (χ0) is 16.7. The molecule has 0 radical (unpaired) electrons. The number of hydrogen-bond donors (Lipinski definition) is 2. The standard InChI is InChI=1S/C16H20F2N4O/c1-3-19-16(21-10-13-6-7-23-22-13)20-9-11(2)12-4-5-14(17)15(18)8-12/h4-8,11H,3,9-10H2,1-2H3,(H2,19,20,21)/t11-/m1/s1. The van der Waals surface area contributed by atoms with Crippen molar-refractivity contribution in [1.29, 1.82) is 0 Å². The van der Waals surface area contributed by atoms with Gasteiger partial charge in [-0.1, -0.05) is 18.1 Å². The molecule has 2 N–H and O–H groups in total. The summed E-state index contributed by atoms with van der Waals surface area (Å²) >= 11 is 0. The molecule has 0 saturated carbocycles. The normalized spacial score (nSPS) is 13.0. The van der Waals surface area contributed by atoms with E-state index in [1.165, 1.54) is 12.3 Å². The smallest absolute Gasteiger partial charge is 0.191 e. The van der Waals surface area contributed by atoms with Gasteiger partial charge in [0.1, 0.15) is 12.0 Å². The molecule has 23 heavy (non-hydrogen) atoms. The van der Waals surface area contributed by atoms with Crippen molar-refractivity contribution in [3.05, 3.63) is 53.4 Å². The Morgan fingerprint density at radius 3 is 2.74 bits per heavy atom. The van der Waals surface area contributed by atoms with Crippen LogP contribution in [0.3, 0.4) is 0 Å². The van der Waals surface area contributed by atoms with Crippen LogP contribution in [0.1, 0.15) is 31.0 Å². The molecule has 1 heterocycles. The molecule has 0 bridgehead atoms. The molecule has 1 aromatic carbocycles. The van der Waals surface area contributed by atoms with Gasteiger partial charge >= 0.3 is 0 Å². The fraction of sp³-hybridized carbons (Fsp3) is 0.375. The van der Waals surface area contributed by atoms with Crippen LogP contribution in [-0.4, -0.2) is 24.2 Å². The third kappa shape index (κ3) is 5.05. The van der Waals surface area contributed by atoms with Crippen LogP contribution in [-0.2, 0) is 6.54 Å². The van der Waals surface area contributed by atoms with Crippen LogP contribution in [0.4, 0.5) is 8.78 Å². The molecule has 1 atom stereocenters. The molecule has 2 rings (SSSR count). The van der Waals surface area contributed by atoms with Crippen LogP contribution in [0.15, 0.2) is 40.0 Å². The van der Waals surface area contributed by atoms with Crippen molar-refractivity contribution >= 4 is 5.96 Å². The Morgan fingerprint density at radius 1 is 1.26 bits per heavy atom. The molecule has 0 unspecified atom stereocenters. The minimum atomic E-state index is -0.837. The molecule has 0 saturated heterocycles. The average Bonchev–Trinajstić information content (AvgIpc) is 3.06. The van der Waals surface area contributed by atoms with Crippen molar-refractivity contribution in [1.82, 2.24) is 15.8 Å². The highest BCUT2D eigenvalue weighted by Crippen LogP contribution is 2.17. The van der Waals surface area contributed by atoms with Gasteiger partial charge in [-0.15, -0.1) is 0 Å².